The van der Waals surface area contributed by atoms with Gasteiger partial charge in [0.1, 0.15) is 13.2 Å². The molecule has 0 bridgehead atoms. The van der Waals surface area contributed by atoms with Crippen LogP contribution in [-0.4, -0.2) is 47.2 Å². The quantitative estimate of drug-likeness (QED) is 0.766. The molecule has 0 saturated heterocycles. The second-order valence-corrected chi connectivity index (χ2v) is 5.66. The highest BCUT2D eigenvalue weighted by Gasteiger charge is 2.26. The van der Waals surface area contributed by atoms with Crippen LogP contribution in [-0.2, 0) is 16.1 Å². The minimum atomic E-state index is -1.05. The zero-order valence-electron chi connectivity index (χ0n) is 12.7. The van der Waals surface area contributed by atoms with E-state index < -0.39 is 12.1 Å². The predicted octanol–water partition coefficient (Wildman–Crippen LogP) is 1.85. The molecule has 1 amide bonds. The van der Waals surface area contributed by atoms with Crippen LogP contribution < -0.4 is 5.32 Å². The highest BCUT2D eigenvalue weighted by Crippen LogP contribution is 2.19. The van der Waals surface area contributed by atoms with Crippen LogP contribution in [0.1, 0.15) is 25.3 Å². The van der Waals surface area contributed by atoms with Crippen molar-refractivity contribution in [2.24, 2.45) is 0 Å². The Morgan fingerprint density at radius 3 is 2.64 bits per heavy atom. The van der Waals surface area contributed by atoms with Crippen LogP contribution in [0.15, 0.2) is 30.3 Å². The van der Waals surface area contributed by atoms with Crippen molar-refractivity contribution in [3.8, 4) is 0 Å². The Labute approximate surface area is 130 Å². The molecule has 22 heavy (non-hydrogen) atoms. The Morgan fingerprint density at radius 2 is 2.05 bits per heavy atom. The molecular formula is C16H22N2O4. The van der Waals surface area contributed by atoms with Crippen LogP contribution >= 0.6 is 0 Å². The lowest BCUT2D eigenvalue weighted by Gasteiger charge is -2.24. The van der Waals surface area contributed by atoms with E-state index in [4.69, 9.17) is 9.84 Å². The van der Waals surface area contributed by atoms with Gasteiger partial charge in [-0.2, -0.15) is 0 Å². The number of rotatable bonds is 8. The lowest BCUT2D eigenvalue weighted by Crippen LogP contribution is -2.45. The number of ether oxygens (including phenoxy) is 1. The van der Waals surface area contributed by atoms with E-state index in [-0.39, 0.29) is 19.2 Å². The second-order valence-electron chi connectivity index (χ2n) is 5.66. The predicted molar refractivity (Wildman–Crippen MR) is 81.5 cm³/mol. The van der Waals surface area contributed by atoms with Crippen LogP contribution in [0.2, 0.25) is 0 Å². The molecule has 2 N–H and O–H groups in total. The summed E-state index contributed by atoms with van der Waals surface area (Å²) in [5.41, 5.74) is 0.871. The van der Waals surface area contributed by atoms with E-state index in [0.29, 0.717) is 12.6 Å². The maximum Gasteiger partial charge on any atom is 0.410 e. The summed E-state index contributed by atoms with van der Waals surface area (Å²) in [5.74, 6) is -1.05. The number of benzene rings is 1. The summed E-state index contributed by atoms with van der Waals surface area (Å²) in [7, 11) is 0. The smallest absolute Gasteiger partial charge is 0.410 e. The van der Waals surface area contributed by atoms with Crippen molar-refractivity contribution in [1.82, 2.24) is 10.2 Å². The monoisotopic (exact) mass is 306 g/mol. The second kappa shape index (κ2) is 7.79. The van der Waals surface area contributed by atoms with Gasteiger partial charge in [0.15, 0.2) is 0 Å². The number of carbonyl (C=O) groups excluding carboxylic acids is 1. The maximum atomic E-state index is 12.1. The van der Waals surface area contributed by atoms with Crippen molar-refractivity contribution in [2.45, 2.75) is 38.5 Å². The molecule has 0 radical (unpaired) electrons. The average Bonchev–Trinajstić information content (AvgIpc) is 3.28. The molecule has 0 heterocycles. The van der Waals surface area contributed by atoms with Gasteiger partial charge in [-0.3, -0.25) is 9.69 Å². The van der Waals surface area contributed by atoms with Crippen molar-refractivity contribution < 1.29 is 19.4 Å². The average molecular weight is 306 g/mol. The minimum Gasteiger partial charge on any atom is -0.480 e. The van der Waals surface area contributed by atoms with Gasteiger partial charge in [0.2, 0.25) is 0 Å². The third-order valence-electron chi connectivity index (χ3n) is 3.38. The van der Waals surface area contributed by atoms with E-state index >= 15 is 0 Å². The molecule has 1 aromatic rings. The Bertz CT molecular complexity index is 502. The largest absolute Gasteiger partial charge is 0.480 e. The van der Waals surface area contributed by atoms with Gasteiger partial charge in [-0.05, 0) is 25.3 Å². The van der Waals surface area contributed by atoms with Gasteiger partial charge in [-0.25, -0.2) is 4.79 Å². The molecule has 1 saturated carbocycles. The standard InChI is InChI=1S/C16H22N2O4/c1-12(17-14-7-8-14)9-18(10-15(19)20)16(21)22-11-13-5-3-2-4-6-13/h2-6,12,14,17H,7-11H2,1H3,(H,19,20). The Kier molecular flexibility index (Phi) is 5.77. The first-order valence-corrected chi connectivity index (χ1v) is 7.48. The Morgan fingerprint density at radius 1 is 1.36 bits per heavy atom. The first kappa shape index (κ1) is 16.3. The third-order valence-corrected chi connectivity index (χ3v) is 3.38. The normalized spacial score (nSPS) is 15.1. The van der Waals surface area contributed by atoms with Gasteiger partial charge < -0.3 is 15.2 Å². The number of aliphatic carboxylic acids is 1. The SMILES string of the molecule is CC(CN(CC(=O)O)C(=O)OCc1ccccc1)NC1CC1. The van der Waals surface area contributed by atoms with E-state index in [1.54, 1.807) is 0 Å². The first-order chi connectivity index (χ1) is 10.5. The van der Waals surface area contributed by atoms with E-state index in [2.05, 4.69) is 5.32 Å². The van der Waals surface area contributed by atoms with Gasteiger partial charge in [0.25, 0.3) is 0 Å². The van der Waals surface area contributed by atoms with Gasteiger partial charge >= 0.3 is 12.1 Å². The maximum absolute atomic E-state index is 12.1. The summed E-state index contributed by atoms with van der Waals surface area (Å²) in [6, 6.07) is 9.85. The number of nitrogens with zero attached hydrogens (tertiary/aromatic N) is 1. The Balaban J connectivity index is 1.85. The van der Waals surface area contributed by atoms with Crippen LogP contribution in [0.5, 0.6) is 0 Å². The zero-order chi connectivity index (χ0) is 15.9. The summed E-state index contributed by atoms with van der Waals surface area (Å²) in [6.07, 6.45) is 1.68. The molecule has 6 heteroatoms. The molecule has 1 fully saturated rings. The minimum absolute atomic E-state index is 0.0381. The lowest BCUT2D eigenvalue weighted by molar-refractivity contribution is -0.138. The van der Waals surface area contributed by atoms with Crippen molar-refractivity contribution in [2.75, 3.05) is 13.1 Å². The lowest BCUT2D eigenvalue weighted by atomic mass is 10.2. The first-order valence-electron chi connectivity index (χ1n) is 7.48. The number of carbonyl (C=O) groups is 2. The molecule has 120 valence electrons. The summed E-state index contributed by atoms with van der Waals surface area (Å²) >= 11 is 0. The summed E-state index contributed by atoms with van der Waals surface area (Å²) in [5, 5.41) is 12.3. The number of nitrogens with one attached hydrogen (secondary N) is 1. The van der Waals surface area contributed by atoms with Gasteiger partial charge in [-0.15, -0.1) is 0 Å². The van der Waals surface area contributed by atoms with Crippen LogP contribution in [0.3, 0.4) is 0 Å². The summed E-state index contributed by atoms with van der Waals surface area (Å²) < 4.78 is 5.21. The molecule has 2 rings (SSSR count). The van der Waals surface area contributed by atoms with Gasteiger partial charge in [-0.1, -0.05) is 30.3 Å². The highest BCUT2D eigenvalue weighted by molar-refractivity contribution is 5.76. The Hall–Kier alpha value is -2.08. The van der Waals surface area contributed by atoms with Crippen LogP contribution in [0.4, 0.5) is 4.79 Å². The number of amides is 1. The summed E-state index contributed by atoms with van der Waals surface area (Å²) in [4.78, 5) is 24.3. The summed E-state index contributed by atoms with van der Waals surface area (Å²) in [6.45, 7) is 2.04. The van der Waals surface area contributed by atoms with E-state index in [1.165, 1.54) is 4.90 Å². The van der Waals surface area contributed by atoms with E-state index in [9.17, 15) is 9.59 Å². The molecule has 1 atom stereocenters. The van der Waals surface area contributed by atoms with Crippen LogP contribution in [0.25, 0.3) is 0 Å². The fourth-order valence-electron chi connectivity index (χ4n) is 2.21. The molecule has 1 aromatic carbocycles. The van der Waals surface area contributed by atoms with E-state index in [0.717, 1.165) is 18.4 Å². The zero-order valence-corrected chi connectivity index (χ0v) is 12.7. The number of carboxylic acid groups (broad SMARTS) is 1. The highest BCUT2D eigenvalue weighted by atomic mass is 16.6. The third kappa shape index (κ3) is 5.73. The van der Waals surface area contributed by atoms with Crippen molar-refractivity contribution in [3.63, 3.8) is 0 Å². The van der Waals surface area contributed by atoms with E-state index in [1.807, 2.05) is 37.3 Å². The van der Waals surface area contributed by atoms with Crippen LogP contribution in [0, 0.1) is 0 Å². The molecule has 0 spiro atoms. The molecular weight excluding hydrogens is 284 g/mol. The van der Waals surface area contributed by atoms with Gasteiger partial charge in [0, 0.05) is 18.6 Å². The fourth-order valence-corrected chi connectivity index (χ4v) is 2.21. The number of hydrogen-bond acceptors (Lipinski definition) is 4. The number of hydrogen-bond donors (Lipinski definition) is 2. The molecule has 0 aliphatic heterocycles. The molecule has 0 aromatic heterocycles. The molecule has 1 aliphatic carbocycles. The van der Waals surface area contributed by atoms with Crippen molar-refractivity contribution in [1.29, 1.82) is 0 Å². The number of carboxylic acids is 1. The fraction of sp³-hybridized carbons (Fsp3) is 0.500. The van der Waals surface area contributed by atoms with Crippen molar-refractivity contribution >= 4 is 12.1 Å². The van der Waals surface area contributed by atoms with Crippen molar-refractivity contribution in [3.05, 3.63) is 35.9 Å². The molecule has 6 nitrogen and oxygen atoms in total. The van der Waals surface area contributed by atoms with Gasteiger partial charge in [0.05, 0.1) is 0 Å². The topological polar surface area (TPSA) is 78.9 Å². The molecule has 1 aliphatic rings. The molecule has 1 unspecified atom stereocenters.